The Bertz CT molecular complexity index is 1310. The summed E-state index contributed by atoms with van der Waals surface area (Å²) < 4.78 is 57.9. The van der Waals surface area contributed by atoms with E-state index in [-0.39, 0.29) is 36.6 Å². The van der Waals surface area contributed by atoms with Crippen molar-refractivity contribution in [2.24, 2.45) is 0 Å². The molecule has 3 aromatic carbocycles. The summed E-state index contributed by atoms with van der Waals surface area (Å²) >= 11 is 0. The summed E-state index contributed by atoms with van der Waals surface area (Å²) in [7, 11) is 0. The van der Waals surface area contributed by atoms with Gasteiger partial charge in [-0.15, -0.1) is 0 Å². The van der Waals surface area contributed by atoms with E-state index in [2.05, 4.69) is 0 Å². The van der Waals surface area contributed by atoms with Gasteiger partial charge < -0.3 is 19.3 Å². The summed E-state index contributed by atoms with van der Waals surface area (Å²) in [6.45, 7) is 3.59. The highest BCUT2D eigenvalue weighted by Crippen LogP contribution is 2.40. The third-order valence-corrected chi connectivity index (χ3v) is 6.13. The van der Waals surface area contributed by atoms with Crippen LogP contribution in [0.5, 0.6) is 17.2 Å². The minimum atomic E-state index is -4.62. The first-order valence-corrected chi connectivity index (χ1v) is 11.9. The number of carboxylic acid groups (broad SMARTS) is 1. The number of aliphatic carboxylic acids is 1. The van der Waals surface area contributed by atoms with Gasteiger partial charge in [0, 0.05) is 5.56 Å². The number of halogens is 3. The molecule has 1 aliphatic heterocycles. The van der Waals surface area contributed by atoms with Crippen LogP contribution in [0.1, 0.15) is 42.2 Å². The lowest BCUT2D eigenvalue weighted by Gasteiger charge is -2.23. The highest BCUT2D eigenvalue weighted by Gasteiger charge is 2.40. The molecule has 1 saturated heterocycles. The Morgan fingerprint density at radius 3 is 2.39 bits per heavy atom. The maximum Gasteiger partial charge on any atom is 0.416 e. The lowest BCUT2D eigenvalue weighted by molar-refractivity contribution is -0.138. The second kappa shape index (κ2) is 11.0. The Morgan fingerprint density at radius 1 is 1.03 bits per heavy atom. The number of nitrogens with zero attached hydrogens (tertiary/aromatic N) is 1. The Kier molecular flexibility index (Phi) is 7.80. The molecule has 2 atom stereocenters. The number of rotatable bonds is 9. The number of hydrogen-bond acceptors (Lipinski definition) is 5. The molecular formula is C28H26F3NO6. The minimum absolute atomic E-state index is 0.0644. The molecule has 0 saturated carbocycles. The summed E-state index contributed by atoms with van der Waals surface area (Å²) in [5.41, 5.74) is 0.396. The van der Waals surface area contributed by atoms with Crippen molar-refractivity contribution in [2.75, 3.05) is 6.61 Å². The van der Waals surface area contributed by atoms with Crippen molar-refractivity contribution in [3.63, 3.8) is 0 Å². The number of cyclic esters (lactones) is 1. The first-order valence-electron chi connectivity index (χ1n) is 11.9. The maximum atomic E-state index is 13.6. The lowest BCUT2D eigenvalue weighted by atomic mass is 10.0. The predicted octanol–water partition coefficient (Wildman–Crippen LogP) is 6.61. The highest BCUT2D eigenvalue weighted by atomic mass is 19.4. The van der Waals surface area contributed by atoms with Gasteiger partial charge in [-0.25, -0.2) is 4.79 Å². The van der Waals surface area contributed by atoms with Crippen molar-refractivity contribution in [1.29, 1.82) is 0 Å². The molecule has 1 amide bonds. The van der Waals surface area contributed by atoms with Crippen LogP contribution in [0.2, 0.25) is 0 Å². The predicted molar refractivity (Wildman–Crippen MR) is 131 cm³/mol. The number of alkyl halides is 3. The fraction of sp³-hybridized carbons (Fsp3) is 0.286. The zero-order chi connectivity index (χ0) is 27.4. The second-order valence-electron chi connectivity index (χ2n) is 8.79. The van der Waals surface area contributed by atoms with E-state index in [4.69, 9.17) is 19.3 Å². The van der Waals surface area contributed by atoms with Crippen LogP contribution in [0, 0.1) is 0 Å². The Labute approximate surface area is 217 Å². The van der Waals surface area contributed by atoms with Gasteiger partial charge in [-0.1, -0.05) is 36.4 Å². The summed E-state index contributed by atoms with van der Waals surface area (Å²) in [6, 6.07) is 16.2. The van der Waals surface area contributed by atoms with E-state index in [1.54, 1.807) is 26.0 Å². The molecule has 10 heteroatoms. The van der Waals surface area contributed by atoms with Gasteiger partial charge in [-0.2, -0.15) is 13.2 Å². The van der Waals surface area contributed by atoms with E-state index in [0.29, 0.717) is 11.3 Å². The molecule has 1 N–H and O–H groups in total. The van der Waals surface area contributed by atoms with Crippen LogP contribution in [0.3, 0.4) is 0 Å². The number of carbonyl (C=O) groups excluding carboxylic acids is 1. The monoisotopic (exact) mass is 529 g/mol. The van der Waals surface area contributed by atoms with Crippen molar-refractivity contribution in [3.8, 4) is 17.2 Å². The SMILES string of the molecule is CCOc1ccc(CC(=O)O)cc1Oc1ccc(C(F)(F)F)cc1CN1C(=O)O[C@@H](c2ccccc2)[C@H]1C. The third kappa shape index (κ3) is 6.01. The molecule has 1 aliphatic rings. The number of benzene rings is 3. The molecule has 3 aromatic rings. The fourth-order valence-corrected chi connectivity index (χ4v) is 4.27. The topological polar surface area (TPSA) is 85.3 Å². The molecule has 0 aliphatic carbocycles. The maximum absolute atomic E-state index is 13.6. The highest BCUT2D eigenvalue weighted by molar-refractivity contribution is 5.71. The van der Waals surface area contributed by atoms with Crippen molar-refractivity contribution < 1.29 is 42.1 Å². The summed E-state index contributed by atoms with van der Waals surface area (Å²) in [4.78, 5) is 25.3. The van der Waals surface area contributed by atoms with Gasteiger partial charge in [-0.05, 0) is 55.3 Å². The number of carbonyl (C=O) groups is 2. The fourth-order valence-electron chi connectivity index (χ4n) is 4.27. The van der Waals surface area contributed by atoms with Crippen molar-refractivity contribution >= 4 is 12.1 Å². The number of carboxylic acids is 1. The first-order chi connectivity index (χ1) is 18.1. The van der Waals surface area contributed by atoms with Gasteiger partial charge in [0.05, 0.1) is 31.2 Å². The van der Waals surface area contributed by atoms with E-state index in [9.17, 15) is 22.8 Å². The van der Waals surface area contributed by atoms with Gasteiger partial charge in [-0.3, -0.25) is 9.69 Å². The van der Waals surface area contributed by atoms with Gasteiger partial charge in [0.25, 0.3) is 0 Å². The molecule has 0 radical (unpaired) electrons. The molecule has 7 nitrogen and oxygen atoms in total. The van der Waals surface area contributed by atoms with Gasteiger partial charge in [0.15, 0.2) is 11.5 Å². The smallest absolute Gasteiger partial charge is 0.416 e. The molecule has 38 heavy (non-hydrogen) atoms. The zero-order valence-electron chi connectivity index (χ0n) is 20.7. The molecule has 4 rings (SSSR count). The van der Waals surface area contributed by atoms with E-state index < -0.39 is 35.9 Å². The van der Waals surface area contributed by atoms with Crippen molar-refractivity contribution in [2.45, 2.75) is 45.1 Å². The number of ether oxygens (including phenoxy) is 3. The molecule has 0 bridgehead atoms. The van der Waals surface area contributed by atoms with Crippen LogP contribution in [0.15, 0.2) is 66.7 Å². The van der Waals surface area contributed by atoms with E-state index in [1.165, 1.54) is 17.0 Å². The number of hydrogen-bond donors (Lipinski definition) is 1. The van der Waals surface area contributed by atoms with E-state index >= 15 is 0 Å². The third-order valence-electron chi connectivity index (χ3n) is 6.13. The minimum Gasteiger partial charge on any atom is -0.490 e. The average Bonchev–Trinajstić information content (AvgIpc) is 3.14. The molecule has 0 aromatic heterocycles. The van der Waals surface area contributed by atoms with Crippen molar-refractivity contribution in [1.82, 2.24) is 4.90 Å². The summed E-state index contributed by atoms with van der Waals surface area (Å²) in [5, 5.41) is 9.16. The van der Waals surface area contributed by atoms with Crippen LogP contribution in [0.25, 0.3) is 0 Å². The van der Waals surface area contributed by atoms with Gasteiger partial charge >= 0.3 is 18.2 Å². The second-order valence-corrected chi connectivity index (χ2v) is 8.79. The Morgan fingerprint density at radius 2 is 1.74 bits per heavy atom. The molecule has 0 unspecified atom stereocenters. The van der Waals surface area contributed by atoms with Gasteiger partial charge in [0.2, 0.25) is 0 Å². The summed E-state index contributed by atoms with van der Waals surface area (Å²) in [5.74, 6) is -0.546. The zero-order valence-corrected chi connectivity index (χ0v) is 20.7. The Hall–Kier alpha value is -4.21. The lowest BCUT2D eigenvalue weighted by Crippen LogP contribution is -2.31. The molecule has 0 spiro atoms. The van der Waals surface area contributed by atoms with E-state index in [1.807, 2.05) is 30.3 Å². The average molecular weight is 530 g/mol. The molecular weight excluding hydrogens is 503 g/mol. The Balaban J connectivity index is 1.70. The number of amides is 1. The molecule has 200 valence electrons. The molecule has 1 fully saturated rings. The summed E-state index contributed by atoms with van der Waals surface area (Å²) in [6.07, 6.45) is -6.14. The quantitative estimate of drug-likeness (QED) is 0.336. The van der Waals surface area contributed by atoms with Crippen LogP contribution in [-0.2, 0) is 28.7 Å². The van der Waals surface area contributed by atoms with Crippen LogP contribution >= 0.6 is 0 Å². The van der Waals surface area contributed by atoms with Crippen LogP contribution in [0.4, 0.5) is 18.0 Å². The van der Waals surface area contributed by atoms with Gasteiger partial charge in [0.1, 0.15) is 11.9 Å². The van der Waals surface area contributed by atoms with Crippen molar-refractivity contribution in [3.05, 3.63) is 89.0 Å². The largest absolute Gasteiger partial charge is 0.490 e. The first kappa shape index (κ1) is 26.8. The van der Waals surface area contributed by atoms with E-state index in [0.717, 1.165) is 17.7 Å². The van der Waals surface area contributed by atoms with Crippen LogP contribution < -0.4 is 9.47 Å². The normalized spacial score (nSPS) is 17.3. The standard InChI is InChI=1S/C28H26F3NO6/c1-3-36-23-11-9-18(14-25(33)34)13-24(23)37-22-12-10-21(28(29,30)31)15-20(22)16-32-17(2)26(38-27(32)35)19-7-5-4-6-8-19/h4-13,15,17,26H,3,14,16H2,1-2H3,(H,33,34)/t17-,26-/m1/s1. The van der Waals surface area contributed by atoms with Crippen LogP contribution in [-0.4, -0.2) is 34.7 Å². The molecule has 1 heterocycles.